The van der Waals surface area contributed by atoms with Crippen molar-refractivity contribution in [2.45, 2.75) is 66.7 Å². The quantitative estimate of drug-likeness (QED) is 0.591. The first-order valence-electron chi connectivity index (χ1n) is 7.07. The SMILES string of the molecule is CCC(CC)C(Cl)c1c(C)c(C)c(C)c(C)c1C. The molecular formula is C17H27Cl. The van der Waals surface area contributed by atoms with Crippen LogP contribution in [-0.4, -0.2) is 0 Å². The predicted molar refractivity (Wildman–Crippen MR) is 82.8 cm³/mol. The number of hydrogen-bond acceptors (Lipinski definition) is 0. The third-order valence-electron chi connectivity index (χ3n) is 4.80. The van der Waals surface area contributed by atoms with Crippen LogP contribution in [0, 0.1) is 40.5 Å². The zero-order chi connectivity index (χ0) is 14.0. The van der Waals surface area contributed by atoms with Gasteiger partial charge in [0.2, 0.25) is 0 Å². The summed E-state index contributed by atoms with van der Waals surface area (Å²) in [4.78, 5) is 0. The van der Waals surface area contributed by atoms with Crippen LogP contribution in [0.3, 0.4) is 0 Å². The van der Waals surface area contributed by atoms with Crippen molar-refractivity contribution in [3.63, 3.8) is 0 Å². The third-order valence-corrected chi connectivity index (χ3v) is 5.37. The second-order valence-electron chi connectivity index (χ2n) is 5.52. The Morgan fingerprint density at radius 2 is 1.06 bits per heavy atom. The van der Waals surface area contributed by atoms with Gasteiger partial charge in [0.25, 0.3) is 0 Å². The molecule has 0 amide bonds. The highest BCUT2D eigenvalue weighted by Gasteiger charge is 2.23. The summed E-state index contributed by atoms with van der Waals surface area (Å²) in [6, 6.07) is 0. The molecule has 0 aromatic heterocycles. The summed E-state index contributed by atoms with van der Waals surface area (Å²) in [6.45, 7) is 15.6. The maximum atomic E-state index is 6.78. The van der Waals surface area contributed by atoms with E-state index in [1.165, 1.54) is 33.4 Å². The summed E-state index contributed by atoms with van der Waals surface area (Å²) < 4.78 is 0. The molecule has 1 atom stereocenters. The molecule has 0 radical (unpaired) electrons. The minimum Gasteiger partial charge on any atom is -0.118 e. The molecule has 1 aromatic carbocycles. The molecule has 1 heteroatoms. The lowest BCUT2D eigenvalue weighted by molar-refractivity contribution is 0.473. The maximum absolute atomic E-state index is 6.78. The molecule has 102 valence electrons. The first kappa shape index (κ1) is 15.6. The van der Waals surface area contributed by atoms with E-state index in [1.807, 2.05) is 0 Å². The molecule has 0 aliphatic carbocycles. The Kier molecular flexibility index (Phi) is 5.28. The highest BCUT2D eigenvalue weighted by atomic mass is 35.5. The van der Waals surface area contributed by atoms with E-state index in [4.69, 9.17) is 11.6 Å². The van der Waals surface area contributed by atoms with Gasteiger partial charge in [0.15, 0.2) is 0 Å². The van der Waals surface area contributed by atoms with Crippen molar-refractivity contribution in [1.82, 2.24) is 0 Å². The Labute approximate surface area is 118 Å². The van der Waals surface area contributed by atoms with Crippen LogP contribution in [0.25, 0.3) is 0 Å². The second-order valence-corrected chi connectivity index (χ2v) is 5.99. The van der Waals surface area contributed by atoms with Crippen molar-refractivity contribution >= 4 is 11.6 Å². The van der Waals surface area contributed by atoms with Gasteiger partial charge in [-0.1, -0.05) is 26.7 Å². The van der Waals surface area contributed by atoms with Crippen molar-refractivity contribution in [1.29, 1.82) is 0 Å². The van der Waals surface area contributed by atoms with Gasteiger partial charge in [-0.15, -0.1) is 11.6 Å². The van der Waals surface area contributed by atoms with Crippen LogP contribution in [0.15, 0.2) is 0 Å². The van der Waals surface area contributed by atoms with Crippen molar-refractivity contribution < 1.29 is 0 Å². The number of hydrogen-bond donors (Lipinski definition) is 0. The Morgan fingerprint density at radius 1 is 0.722 bits per heavy atom. The molecule has 1 unspecified atom stereocenters. The fraction of sp³-hybridized carbons (Fsp3) is 0.647. The maximum Gasteiger partial charge on any atom is 0.0618 e. The van der Waals surface area contributed by atoms with Crippen LogP contribution in [0.1, 0.15) is 65.4 Å². The first-order valence-corrected chi connectivity index (χ1v) is 7.51. The molecule has 1 aromatic rings. The van der Waals surface area contributed by atoms with E-state index >= 15 is 0 Å². The lowest BCUT2D eigenvalue weighted by Gasteiger charge is -2.26. The topological polar surface area (TPSA) is 0 Å². The normalized spacial score (nSPS) is 13.2. The van der Waals surface area contributed by atoms with Gasteiger partial charge in [-0.25, -0.2) is 0 Å². The summed E-state index contributed by atoms with van der Waals surface area (Å²) in [5.41, 5.74) is 8.40. The highest BCUT2D eigenvalue weighted by molar-refractivity contribution is 6.21. The largest absolute Gasteiger partial charge is 0.118 e. The van der Waals surface area contributed by atoms with Gasteiger partial charge in [-0.05, 0) is 73.9 Å². The van der Waals surface area contributed by atoms with Crippen LogP contribution in [-0.2, 0) is 0 Å². The molecule has 0 saturated carbocycles. The van der Waals surface area contributed by atoms with Gasteiger partial charge in [-0.3, -0.25) is 0 Å². The summed E-state index contributed by atoms with van der Waals surface area (Å²) in [7, 11) is 0. The van der Waals surface area contributed by atoms with Crippen molar-refractivity contribution in [3.05, 3.63) is 33.4 Å². The summed E-state index contributed by atoms with van der Waals surface area (Å²) in [5, 5.41) is 0.151. The Morgan fingerprint density at radius 3 is 1.39 bits per heavy atom. The van der Waals surface area contributed by atoms with Crippen LogP contribution in [0.5, 0.6) is 0 Å². The molecule has 0 aliphatic rings. The van der Waals surface area contributed by atoms with E-state index in [2.05, 4.69) is 48.5 Å². The lowest BCUT2D eigenvalue weighted by atomic mass is 9.83. The molecule has 0 saturated heterocycles. The Hall–Kier alpha value is -0.490. The fourth-order valence-corrected chi connectivity index (χ4v) is 3.56. The number of halogens is 1. The zero-order valence-corrected chi connectivity index (χ0v) is 13.7. The minimum atomic E-state index is 0.151. The number of rotatable bonds is 4. The average Bonchev–Trinajstić information content (AvgIpc) is 2.36. The van der Waals surface area contributed by atoms with Gasteiger partial charge in [-0.2, -0.15) is 0 Å². The van der Waals surface area contributed by atoms with Crippen molar-refractivity contribution in [2.75, 3.05) is 0 Å². The third kappa shape index (κ3) is 2.59. The van der Waals surface area contributed by atoms with E-state index in [0.29, 0.717) is 5.92 Å². The Bertz CT molecular complexity index is 399. The molecule has 0 heterocycles. The smallest absolute Gasteiger partial charge is 0.0618 e. The first-order chi connectivity index (χ1) is 8.36. The predicted octanol–water partition coefficient (Wildman–Crippen LogP) is 5.94. The average molecular weight is 267 g/mol. The highest BCUT2D eigenvalue weighted by Crippen LogP contribution is 2.39. The fourth-order valence-electron chi connectivity index (χ4n) is 2.88. The molecule has 0 nitrogen and oxygen atoms in total. The van der Waals surface area contributed by atoms with E-state index in [1.54, 1.807) is 0 Å². The van der Waals surface area contributed by atoms with Crippen LogP contribution in [0.2, 0.25) is 0 Å². The molecule has 0 aliphatic heterocycles. The van der Waals surface area contributed by atoms with Crippen molar-refractivity contribution in [3.8, 4) is 0 Å². The van der Waals surface area contributed by atoms with Gasteiger partial charge < -0.3 is 0 Å². The Balaban J connectivity index is 3.41. The molecule has 0 bridgehead atoms. The molecule has 0 fully saturated rings. The zero-order valence-electron chi connectivity index (χ0n) is 12.9. The van der Waals surface area contributed by atoms with Gasteiger partial charge in [0, 0.05) is 0 Å². The molecule has 0 N–H and O–H groups in total. The number of alkyl halides is 1. The molecule has 0 spiro atoms. The summed E-state index contributed by atoms with van der Waals surface area (Å²) >= 11 is 6.78. The number of benzene rings is 1. The second kappa shape index (κ2) is 6.10. The molecular weight excluding hydrogens is 240 g/mol. The summed E-state index contributed by atoms with van der Waals surface area (Å²) in [6.07, 6.45) is 2.30. The monoisotopic (exact) mass is 266 g/mol. The lowest BCUT2D eigenvalue weighted by Crippen LogP contribution is -2.12. The summed E-state index contributed by atoms with van der Waals surface area (Å²) in [5.74, 6) is 0.575. The minimum absolute atomic E-state index is 0.151. The van der Waals surface area contributed by atoms with E-state index < -0.39 is 0 Å². The van der Waals surface area contributed by atoms with Crippen molar-refractivity contribution in [2.24, 2.45) is 5.92 Å². The van der Waals surface area contributed by atoms with E-state index in [-0.39, 0.29) is 5.38 Å². The molecule has 18 heavy (non-hydrogen) atoms. The van der Waals surface area contributed by atoms with Crippen LogP contribution in [0.4, 0.5) is 0 Å². The van der Waals surface area contributed by atoms with Gasteiger partial charge in [0.05, 0.1) is 5.38 Å². The van der Waals surface area contributed by atoms with E-state index in [0.717, 1.165) is 12.8 Å². The van der Waals surface area contributed by atoms with Crippen LogP contribution < -0.4 is 0 Å². The standard InChI is InChI=1S/C17H27Cl/c1-8-15(9-2)17(18)16-13(6)11(4)10(3)12(5)14(16)7/h15,17H,8-9H2,1-7H3. The van der Waals surface area contributed by atoms with E-state index in [9.17, 15) is 0 Å². The van der Waals surface area contributed by atoms with Gasteiger partial charge >= 0.3 is 0 Å². The molecule has 1 rings (SSSR count). The van der Waals surface area contributed by atoms with Crippen LogP contribution >= 0.6 is 11.6 Å². The van der Waals surface area contributed by atoms with Gasteiger partial charge in [0.1, 0.15) is 0 Å².